The van der Waals surface area contributed by atoms with Gasteiger partial charge in [0.25, 0.3) is 5.91 Å². The number of amides is 1. The summed E-state index contributed by atoms with van der Waals surface area (Å²) in [7, 11) is 0. The Balaban J connectivity index is 1.73. The maximum absolute atomic E-state index is 13.3. The topological polar surface area (TPSA) is 59.8 Å². The molecule has 0 aliphatic heterocycles. The van der Waals surface area contributed by atoms with Crippen LogP contribution in [0.2, 0.25) is 0 Å². The first kappa shape index (κ1) is 18.0. The van der Waals surface area contributed by atoms with Crippen LogP contribution in [0, 0.1) is 5.82 Å². The van der Waals surface area contributed by atoms with Crippen LogP contribution in [-0.2, 0) is 6.54 Å². The Kier molecular flexibility index (Phi) is 5.77. The Morgan fingerprint density at radius 2 is 2.20 bits per heavy atom. The van der Waals surface area contributed by atoms with E-state index in [4.69, 9.17) is 0 Å². The van der Waals surface area contributed by atoms with Crippen molar-refractivity contribution in [2.45, 2.75) is 15.8 Å². The first-order chi connectivity index (χ1) is 12.1. The lowest BCUT2D eigenvalue weighted by Gasteiger charge is -2.04. The summed E-state index contributed by atoms with van der Waals surface area (Å²) in [5, 5.41) is 7.79. The lowest BCUT2D eigenvalue weighted by atomic mass is 10.2. The zero-order chi connectivity index (χ0) is 17.8. The molecule has 0 spiro atoms. The average Bonchev–Trinajstić information content (AvgIpc) is 3.21. The molecule has 3 rings (SSSR count). The summed E-state index contributed by atoms with van der Waals surface area (Å²) in [5.74, 6) is -0.481. The van der Waals surface area contributed by atoms with Crippen LogP contribution < -0.4 is 5.32 Å². The molecule has 2 aromatic heterocycles. The molecule has 1 N–H and O–H groups in total. The minimum Gasteiger partial charge on any atom is -0.319 e. The smallest absolute Gasteiger partial charge is 0.260 e. The van der Waals surface area contributed by atoms with Gasteiger partial charge in [-0.2, -0.15) is 9.47 Å². The molecule has 3 aromatic rings. The van der Waals surface area contributed by atoms with Gasteiger partial charge in [0.1, 0.15) is 10.8 Å². The first-order valence-electron chi connectivity index (χ1n) is 7.26. The van der Waals surface area contributed by atoms with E-state index < -0.39 is 0 Å². The van der Waals surface area contributed by atoms with Gasteiger partial charge in [0, 0.05) is 6.20 Å². The molecule has 1 amide bonds. The fraction of sp³-hybridized carbons (Fsp3) is 0.188. The van der Waals surface area contributed by atoms with Gasteiger partial charge in [-0.25, -0.2) is 4.39 Å². The molecule has 2 heterocycles. The summed E-state index contributed by atoms with van der Waals surface area (Å²) in [5.41, 5.74) is 1.99. The highest BCUT2D eigenvalue weighted by Crippen LogP contribution is 2.33. The molecule has 9 heteroatoms. The Bertz CT molecular complexity index is 872. The van der Waals surface area contributed by atoms with Gasteiger partial charge in [0.2, 0.25) is 0 Å². The monoisotopic (exact) mass is 394 g/mol. The van der Waals surface area contributed by atoms with Crippen LogP contribution in [-0.4, -0.2) is 32.6 Å². The third kappa shape index (κ3) is 4.23. The molecule has 0 atom stereocenters. The summed E-state index contributed by atoms with van der Waals surface area (Å²) in [6, 6.07) is 6.36. The zero-order valence-corrected chi connectivity index (χ0v) is 16.0. The number of thioether (sulfide) groups is 2. The fourth-order valence-corrected chi connectivity index (χ4v) is 4.54. The second-order valence-electron chi connectivity index (χ2n) is 5.07. The number of halogens is 1. The van der Waals surface area contributed by atoms with Gasteiger partial charge >= 0.3 is 0 Å². The van der Waals surface area contributed by atoms with Gasteiger partial charge in [-0.3, -0.25) is 9.48 Å². The molecular formula is C16H15FN4OS3. The number of hydrogen-bond acceptors (Lipinski definition) is 6. The normalized spacial score (nSPS) is 10.8. The molecule has 0 unspecified atom stereocenters. The summed E-state index contributed by atoms with van der Waals surface area (Å²) in [6.45, 7) is 0.430. The second-order valence-corrected chi connectivity index (χ2v) is 7.71. The van der Waals surface area contributed by atoms with E-state index in [9.17, 15) is 9.18 Å². The number of anilines is 1. The molecule has 1 aromatic carbocycles. The quantitative estimate of drug-likeness (QED) is 0.634. The highest BCUT2D eigenvalue weighted by molar-refractivity contribution is 8.01. The van der Waals surface area contributed by atoms with E-state index in [0.29, 0.717) is 17.8 Å². The van der Waals surface area contributed by atoms with E-state index in [2.05, 4.69) is 14.8 Å². The Hall–Kier alpha value is -1.84. The lowest BCUT2D eigenvalue weighted by molar-refractivity contribution is 0.102. The van der Waals surface area contributed by atoms with Gasteiger partial charge < -0.3 is 5.32 Å². The molecule has 130 valence electrons. The Morgan fingerprint density at radius 3 is 2.92 bits per heavy atom. The molecule has 25 heavy (non-hydrogen) atoms. The predicted molar refractivity (Wildman–Crippen MR) is 101 cm³/mol. The van der Waals surface area contributed by atoms with Gasteiger partial charge in [-0.15, -0.1) is 23.5 Å². The standard InChI is InChI=1S/C16H15FN4OS3/c1-23-15-13(16(24-2)25-20-15)14(22)19-12-7-18-21(9-12)8-10-4-3-5-11(17)6-10/h3-7,9H,8H2,1-2H3,(H,19,22). The van der Waals surface area contributed by atoms with E-state index in [1.165, 1.54) is 47.2 Å². The van der Waals surface area contributed by atoms with Crippen molar-refractivity contribution >= 4 is 46.7 Å². The molecule has 0 aliphatic rings. The van der Waals surface area contributed by atoms with Crippen LogP contribution in [0.4, 0.5) is 10.1 Å². The molecule has 0 saturated heterocycles. The molecule has 5 nitrogen and oxygen atoms in total. The number of carbonyl (C=O) groups excluding carboxylic acids is 1. The molecule has 0 fully saturated rings. The second kappa shape index (κ2) is 8.03. The highest BCUT2D eigenvalue weighted by Gasteiger charge is 2.20. The van der Waals surface area contributed by atoms with Crippen LogP contribution in [0.15, 0.2) is 45.9 Å². The van der Waals surface area contributed by atoms with Crippen LogP contribution in [0.25, 0.3) is 0 Å². The summed E-state index contributed by atoms with van der Waals surface area (Å²) in [4.78, 5) is 12.6. The van der Waals surface area contributed by atoms with E-state index in [0.717, 1.165) is 14.8 Å². The van der Waals surface area contributed by atoms with E-state index in [1.54, 1.807) is 23.1 Å². The number of benzene rings is 1. The van der Waals surface area contributed by atoms with Crippen molar-refractivity contribution in [1.29, 1.82) is 0 Å². The van der Waals surface area contributed by atoms with Gasteiger partial charge in [-0.05, 0) is 41.7 Å². The molecular weight excluding hydrogens is 379 g/mol. The highest BCUT2D eigenvalue weighted by atomic mass is 32.2. The lowest BCUT2D eigenvalue weighted by Crippen LogP contribution is -2.12. The van der Waals surface area contributed by atoms with Crippen LogP contribution in [0.3, 0.4) is 0 Å². The van der Waals surface area contributed by atoms with Crippen LogP contribution in [0.1, 0.15) is 15.9 Å². The molecule has 0 saturated carbocycles. The number of nitrogens with one attached hydrogen (secondary N) is 1. The van der Waals surface area contributed by atoms with Crippen LogP contribution >= 0.6 is 35.1 Å². The number of aromatic nitrogens is 3. The van der Waals surface area contributed by atoms with Gasteiger partial charge in [0.15, 0.2) is 0 Å². The van der Waals surface area contributed by atoms with Gasteiger partial charge in [-0.1, -0.05) is 12.1 Å². The minimum atomic E-state index is -0.280. The van der Waals surface area contributed by atoms with Crippen molar-refractivity contribution in [3.63, 3.8) is 0 Å². The summed E-state index contributed by atoms with van der Waals surface area (Å²) < 4.78 is 20.1. The maximum Gasteiger partial charge on any atom is 0.260 e. The Morgan fingerprint density at radius 1 is 1.36 bits per heavy atom. The van der Waals surface area contributed by atoms with Crippen LogP contribution in [0.5, 0.6) is 0 Å². The number of nitrogens with zero attached hydrogens (tertiary/aromatic N) is 3. The minimum absolute atomic E-state index is 0.201. The van der Waals surface area contributed by atoms with Crippen molar-refractivity contribution in [3.05, 3.63) is 53.6 Å². The molecule has 0 bridgehead atoms. The number of hydrogen-bond donors (Lipinski definition) is 1. The van der Waals surface area contributed by atoms with Crippen molar-refractivity contribution in [2.24, 2.45) is 0 Å². The van der Waals surface area contributed by atoms with Crippen molar-refractivity contribution in [1.82, 2.24) is 14.2 Å². The summed E-state index contributed by atoms with van der Waals surface area (Å²) in [6.07, 6.45) is 7.12. The number of carbonyl (C=O) groups is 1. The average molecular weight is 395 g/mol. The third-order valence-electron chi connectivity index (χ3n) is 3.36. The van der Waals surface area contributed by atoms with Crippen molar-refractivity contribution in [3.8, 4) is 0 Å². The van der Waals surface area contributed by atoms with Gasteiger partial charge in [0.05, 0.1) is 28.2 Å². The van der Waals surface area contributed by atoms with Crippen molar-refractivity contribution < 1.29 is 9.18 Å². The van der Waals surface area contributed by atoms with E-state index >= 15 is 0 Å². The molecule has 0 aliphatic carbocycles. The fourth-order valence-electron chi connectivity index (χ4n) is 2.26. The largest absolute Gasteiger partial charge is 0.319 e. The zero-order valence-electron chi connectivity index (χ0n) is 13.5. The summed E-state index contributed by atoms with van der Waals surface area (Å²) >= 11 is 4.27. The first-order valence-corrected chi connectivity index (χ1v) is 10.5. The van der Waals surface area contributed by atoms with E-state index in [1.807, 2.05) is 18.6 Å². The predicted octanol–water partition coefficient (Wildman–Crippen LogP) is 4.22. The van der Waals surface area contributed by atoms with Crippen molar-refractivity contribution in [2.75, 3.05) is 17.8 Å². The van der Waals surface area contributed by atoms with E-state index in [-0.39, 0.29) is 11.7 Å². The number of rotatable bonds is 6. The SMILES string of the molecule is CSc1nsc(SC)c1C(=O)Nc1cnn(Cc2cccc(F)c2)c1. The third-order valence-corrected chi connectivity index (χ3v) is 6.10. The Labute approximate surface area is 157 Å². The molecule has 0 radical (unpaired) electrons. The maximum atomic E-state index is 13.3.